The molecule has 0 fully saturated rings. The summed E-state index contributed by atoms with van der Waals surface area (Å²) in [6, 6.07) is 0. The van der Waals surface area contributed by atoms with E-state index in [0.29, 0.717) is 24.8 Å². The van der Waals surface area contributed by atoms with Crippen LogP contribution in [-0.2, 0) is 14.3 Å². The SMILES string of the molecule is C=CCC1(C)CCC(C(C)C)=C1OS(=O)(=O)C(F)(F)F. The molecular weight excluding hydrogens is 293 g/mol. The van der Waals surface area contributed by atoms with Gasteiger partial charge in [-0.2, -0.15) is 21.6 Å². The minimum Gasteiger partial charge on any atom is -0.380 e. The van der Waals surface area contributed by atoms with Crippen molar-refractivity contribution in [3.05, 3.63) is 24.0 Å². The van der Waals surface area contributed by atoms with Crippen LogP contribution < -0.4 is 0 Å². The normalized spacial score (nSPS) is 24.4. The third-order valence-corrected chi connectivity index (χ3v) is 4.51. The number of hydrogen-bond acceptors (Lipinski definition) is 3. The summed E-state index contributed by atoms with van der Waals surface area (Å²) in [5.41, 5.74) is -5.54. The van der Waals surface area contributed by atoms with Crippen molar-refractivity contribution in [3.63, 3.8) is 0 Å². The van der Waals surface area contributed by atoms with Crippen LogP contribution >= 0.6 is 0 Å². The number of alkyl halides is 3. The van der Waals surface area contributed by atoms with Crippen molar-refractivity contribution in [3.8, 4) is 0 Å². The Bertz CT molecular complexity index is 517. The second kappa shape index (κ2) is 5.42. The van der Waals surface area contributed by atoms with Crippen molar-refractivity contribution in [2.75, 3.05) is 0 Å². The van der Waals surface area contributed by atoms with Gasteiger partial charge in [-0.25, -0.2) is 0 Å². The van der Waals surface area contributed by atoms with Crippen LogP contribution in [0.5, 0.6) is 0 Å². The Morgan fingerprint density at radius 3 is 2.40 bits per heavy atom. The highest BCUT2D eigenvalue weighted by atomic mass is 32.2. The van der Waals surface area contributed by atoms with E-state index in [4.69, 9.17) is 0 Å². The van der Waals surface area contributed by atoms with E-state index in [-0.39, 0.29) is 11.7 Å². The molecule has 1 aliphatic carbocycles. The molecule has 0 saturated heterocycles. The van der Waals surface area contributed by atoms with Gasteiger partial charge in [-0.05, 0) is 30.8 Å². The predicted octanol–water partition coefficient (Wildman–Crippen LogP) is 4.14. The quantitative estimate of drug-likeness (QED) is 0.435. The first kappa shape index (κ1) is 17.1. The van der Waals surface area contributed by atoms with Gasteiger partial charge in [-0.3, -0.25) is 0 Å². The summed E-state index contributed by atoms with van der Waals surface area (Å²) < 4.78 is 64.5. The van der Waals surface area contributed by atoms with E-state index in [9.17, 15) is 21.6 Å². The first-order valence-electron chi connectivity index (χ1n) is 6.30. The summed E-state index contributed by atoms with van der Waals surface area (Å²) in [6.07, 6.45) is 3.01. The van der Waals surface area contributed by atoms with Gasteiger partial charge >= 0.3 is 15.6 Å². The number of halogens is 3. The smallest absolute Gasteiger partial charge is 0.380 e. The minimum absolute atomic E-state index is 0.0651. The van der Waals surface area contributed by atoms with E-state index in [1.807, 2.05) is 0 Å². The van der Waals surface area contributed by atoms with Crippen molar-refractivity contribution in [2.24, 2.45) is 11.3 Å². The van der Waals surface area contributed by atoms with E-state index in [2.05, 4.69) is 10.8 Å². The molecule has 0 amide bonds. The fraction of sp³-hybridized carbons (Fsp3) is 0.692. The molecule has 1 aliphatic rings. The van der Waals surface area contributed by atoms with Gasteiger partial charge in [0, 0.05) is 5.41 Å². The summed E-state index contributed by atoms with van der Waals surface area (Å²) in [6.45, 7) is 8.88. The molecule has 0 radical (unpaired) electrons. The molecule has 0 saturated carbocycles. The maximum Gasteiger partial charge on any atom is 0.534 e. The van der Waals surface area contributed by atoms with Crippen LogP contribution in [-0.4, -0.2) is 13.9 Å². The van der Waals surface area contributed by atoms with Gasteiger partial charge in [-0.15, -0.1) is 6.58 Å². The highest BCUT2D eigenvalue weighted by molar-refractivity contribution is 7.87. The largest absolute Gasteiger partial charge is 0.534 e. The fourth-order valence-electron chi connectivity index (χ4n) is 2.40. The van der Waals surface area contributed by atoms with E-state index in [1.165, 1.54) is 0 Å². The van der Waals surface area contributed by atoms with E-state index < -0.39 is 21.0 Å². The van der Waals surface area contributed by atoms with Crippen LogP contribution in [0.25, 0.3) is 0 Å². The van der Waals surface area contributed by atoms with Crippen molar-refractivity contribution in [2.45, 2.75) is 45.5 Å². The molecule has 0 aromatic heterocycles. The van der Waals surface area contributed by atoms with Crippen LogP contribution in [0.4, 0.5) is 13.2 Å². The molecule has 3 nitrogen and oxygen atoms in total. The lowest BCUT2D eigenvalue weighted by atomic mass is 9.85. The number of rotatable bonds is 5. The molecule has 1 atom stereocenters. The zero-order chi connectivity index (χ0) is 15.8. The zero-order valence-corrected chi connectivity index (χ0v) is 12.6. The Labute approximate surface area is 117 Å². The average Bonchev–Trinajstić information content (AvgIpc) is 2.55. The lowest BCUT2D eigenvalue weighted by Gasteiger charge is -2.26. The Morgan fingerprint density at radius 2 is 2.00 bits per heavy atom. The van der Waals surface area contributed by atoms with Gasteiger partial charge in [0.2, 0.25) is 0 Å². The van der Waals surface area contributed by atoms with Crippen molar-refractivity contribution < 1.29 is 25.8 Å². The van der Waals surface area contributed by atoms with Gasteiger partial charge in [0.15, 0.2) is 0 Å². The highest BCUT2D eigenvalue weighted by Crippen LogP contribution is 2.49. The molecule has 0 heterocycles. The molecule has 0 aromatic rings. The molecule has 0 aliphatic heterocycles. The van der Waals surface area contributed by atoms with Gasteiger partial charge in [0.1, 0.15) is 5.76 Å². The summed E-state index contributed by atoms with van der Waals surface area (Å²) in [5.74, 6) is -0.134. The molecular formula is C13H19F3O3S. The monoisotopic (exact) mass is 312 g/mol. The third-order valence-electron chi connectivity index (χ3n) is 3.55. The van der Waals surface area contributed by atoms with Crippen molar-refractivity contribution in [1.29, 1.82) is 0 Å². The first-order chi connectivity index (χ1) is 8.94. The van der Waals surface area contributed by atoms with Crippen molar-refractivity contribution >= 4 is 10.1 Å². The second-order valence-electron chi connectivity index (χ2n) is 5.55. The molecule has 20 heavy (non-hydrogen) atoms. The second-order valence-corrected chi connectivity index (χ2v) is 7.08. The van der Waals surface area contributed by atoms with Crippen LogP contribution in [0.2, 0.25) is 0 Å². The predicted molar refractivity (Wildman–Crippen MR) is 70.1 cm³/mol. The first-order valence-corrected chi connectivity index (χ1v) is 7.70. The van der Waals surface area contributed by atoms with E-state index in [1.54, 1.807) is 26.8 Å². The molecule has 1 unspecified atom stereocenters. The maximum absolute atomic E-state index is 12.5. The summed E-state index contributed by atoms with van der Waals surface area (Å²) >= 11 is 0. The van der Waals surface area contributed by atoms with E-state index >= 15 is 0 Å². The Kier molecular flexibility index (Phi) is 4.63. The van der Waals surface area contributed by atoms with Gasteiger partial charge < -0.3 is 4.18 Å². The molecule has 1 rings (SSSR count). The Morgan fingerprint density at radius 1 is 1.45 bits per heavy atom. The Balaban J connectivity index is 3.27. The zero-order valence-electron chi connectivity index (χ0n) is 11.8. The average molecular weight is 312 g/mol. The van der Waals surface area contributed by atoms with Crippen molar-refractivity contribution in [1.82, 2.24) is 0 Å². The maximum atomic E-state index is 12.5. The minimum atomic E-state index is -5.63. The Hall–Kier alpha value is -0.980. The summed E-state index contributed by atoms with van der Waals surface area (Å²) in [5, 5.41) is 0. The molecule has 0 bridgehead atoms. The molecule has 116 valence electrons. The fourth-order valence-corrected chi connectivity index (χ4v) is 3.02. The van der Waals surface area contributed by atoms with Gasteiger partial charge in [0.05, 0.1) is 0 Å². The lowest BCUT2D eigenvalue weighted by molar-refractivity contribution is -0.0532. The lowest BCUT2D eigenvalue weighted by Crippen LogP contribution is -2.29. The number of allylic oxidation sites excluding steroid dienone is 3. The van der Waals surface area contributed by atoms with Gasteiger partial charge in [-0.1, -0.05) is 26.8 Å². The summed E-state index contributed by atoms with van der Waals surface area (Å²) in [4.78, 5) is 0. The number of hydrogen-bond donors (Lipinski definition) is 0. The van der Waals surface area contributed by atoms with Crippen LogP contribution in [0.15, 0.2) is 24.0 Å². The van der Waals surface area contributed by atoms with Gasteiger partial charge in [0.25, 0.3) is 0 Å². The summed E-state index contributed by atoms with van der Waals surface area (Å²) in [7, 11) is -5.63. The topological polar surface area (TPSA) is 43.4 Å². The van der Waals surface area contributed by atoms with Crippen LogP contribution in [0.1, 0.15) is 40.0 Å². The molecule has 0 spiro atoms. The highest BCUT2D eigenvalue weighted by Gasteiger charge is 2.51. The van der Waals surface area contributed by atoms with E-state index in [0.717, 1.165) is 0 Å². The molecule has 0 aromatic carbocycles. The standard InChI is InChI=1S/C13H19F3O3S/c1-5-7-12(4)8-6-10(9(2)3)11(12)19-20(17,18)13(14,15)16/h5,9H,1,6-8H2,2-4H3. The van der Waals surface area contributed by atoms with Crippen LogP contribution in [0.3, 0.4) is 0 Å². The van der Waals surface area contributed by atoms with Crippen LogP contribution in [0, 0.1) is 11.3 Å². The third kappa shape index (κ3) is 3.19. The molecule has 0 N–H and O–H groups in total. The molecule has 7 heteroatoms.